The number of carboxylic acids is 1. The van der Waals surface area contributed by atoms with Crippen LogP contribution in [0.4, 0.5) is 0 Å². The average Bonchev–Trinajstić information content (AvgIpc) is 2.89. The fourth-order valence-corrected chi connectivity index (χ4v) is 2.40. The lowest BCUT2D eigenvalue weighted by atomic mass is 10.3. The van der Waals surface area contributed by atoms with Crippen molar-refractivity contribution in [2.24, 2.45) is 0 Å². The topological polar surface area (TPSA) is 97.1 Å². The molecule has 0 aliphatic heterocycles. The van der Waals surface area contributed by atoms with E-state index < -0.39 is 5.97 Å². The van der Waals surface area contributed by atoms with Gasteiger partial charge in [-0.2, -0.15) is 0 Å². The maximum absolute atomic E-state index is 12.1. The van der Waals surface area contributed by atoms with Gasteiger partial charge in [0.15, 0.2) is 5.69 Å². The van der Waals surface area contributed by atoms with E-state index in [1.807, 2.05) is 30.3 Å². The Morgan fingerprint density at radius 1 is 1.32 bits per heavy atom. The van der Waals surface area contributed by atoms with Gasteiger partial charge in [0.2, 0.25) is 0 Å². The second-order valence-electron chi connectivity index (χ2n) is 4.47. The van der Waals surface area contributed by atoms with E-state index in [9.17, 15) is 9.59 Å². The average molecular weight is 320 g/mol. The van der Waals surface area contributed by atoms with E-state index in [4.69, 9.17) is 5.11 Å². The van der Waals surface area contributed by atoms with E-state index in [1.54, 1.807) is 11.6 Å². The van der Waals surface area contributed by atoms with Gasteiger partial charge >= 0.3 is 5.97 Å². The number of carbonyl (C=O) groups excluding carboxylic acids is 1. The molecule has 0 fully saturated rings. The largest absolute Gasteiger partial charge is 0.481 e. The minimum atomic E-state index is -0.863. The van der Waals surface area contributed by atoms with Crippen molar-refractivity contribution in [3.05, 3.63) is 41.7 Å². The van der Waals surface area contributed by atoms with Crippen molar-refractivity contribution in [1.82, 2.24) is 20.3 Å². The number of aromatic nitrogens is 3. The highest BCUT2D eigenvalue weighted by molar-refractivity contribution is 7.99. The summed E-state index contributed by atoms with van der Waals surface area (Å²) in [5, 5.41) is 19.1. The molecule has 0 saturated carbocycles. The lowest BCUT2D eigenvalue weighted by Crippen LogP contribution is -2.27. The van der Waals surface area contributed by atoms with E-state index in [2.05, 4.69) is 15.6 Å². The third-order valence-electron chi connectivity index (χ3n) is 2.87. The van der Waals surface area contributed by atoms with Gasteiger partial charge < -0.3 is 10.4 Å². The molecule has 0 aliphatic carbocycles. The van der Waals surface area contributed by atoms with Gasteiger partial charge in [-0.25, -0.2) is 4.68 Å². The van der Waals surface area contributed by atoms with Crippen LogP contribution in [0.2, 0.25) is 0 Å². The van der Waals surface area contributed by atoms with E-state index in [0.29, 0.717) is 18.0 Å². The number of carboxylic acid groups (broad SMARTS) is 1. The van der Waals surface area contributed by atoms with Crippen LogP contribution in [0.15, 0.2) is 30.3 Å². The molecule has 1 aromatic carbocycles. The molecule has 2 aromatic rings. The first-order valence-corrected chi connectivity index (χ1v) is 7.80. The molecule has 22 heavy (non-hydrogen) atoms. The first-order chi connectivity index (χ1) is 10.6. The monoisotopic (exact) mass is 320 g/mol. The Hall–Kier alpha value is -2.35. The summed E-state index contributed by atoms with van der Waals surface area (Å²) in [6.07, 6.45) is 0. The number of aliphatic carboxylic acids is 1. The summed E-state index contributed by atoms with van der Waals surface area (Å²) in [4.78, 5) is 22.4. The van der Waals surface area contributed by atoms with Crippen LogP contribution >= 0.6 is 11.8 Å². The molecule has 0 saturated heterocycles. The quantitative estimate of drug-likeness (QED) is 0.742. The van der Waals surface area contributed by atoms with E-state index in [0.717, 1.165) is 5.69 Å². The van der Waals surface area contributed by atoms with Gasteiger partial charge in [-0.1, -0.05) is 23.4 Å². The zero-order chi connectivity index (χ0) is 15.9. The van der Waals surface area contributed by atoms with Crippen molar-refractivity contribution in [1.29, 1.82) is 0 Å². The van der Waals surface area contributed by atoms with E-state index in [-0.39, 0.29) is 17.4 Å². The summed E-state index contributed by atoms with van der Waals surface area (Å²) in [6.45, 7) is 2.16. The maximum Gasteiger partial charge on any atom is 0.313 e. The van der Waals surface area contributed by atoms with Crippen molar-refractivity contribution in [3.63, 3.8) is 0 Å². The van der Waals surface area contributed by atoms with E-state index in [1.165, 1.54) is 11.8 Å². The predicted molar refractivity (Wildman–Crippen MR) is 83.4 cm³/mol. The molecule has 1 aromatic heterocycles. The number of rotatable bonds is 7. The van der Waals surface area contributed by atoms with Crippen LogP contribution < -0.4 is 5.32 Å². The minimum Gasteiger partial charge on any atom is -0.481 e. The van der Waals surface area contributed by atoms with Gasteiger partial charge in [-0.3, -0.25) is 9.59 Å². The molecular weight excluding hydrogens is 304 g/mol. The minimum absolute atomic E-state index is 0.0269. The summed E-state index contributed by atoms with van der Waals surface area (Å²) < 4.78 is 1.61. The summed E-state index contributed by atoms with van der Waals surface area (Å²) in [5.74, 6) is -0.614. The Morgan fingerprint density at radius 3 is 2.73 bits per heavy atom. The van der Waals surface area contributed by atoms with Crippen molar-refractivity contribution in [2.75, 3.05) is 18.1 Å². The number of nitrogens with zero attached hydrogens (tertiary/aromatic N) is 3. The number of hydrogen-bond donors (Lipinski definition) is 2. The SMILES string of the molecule is Cc1c(C(=O)NCCSCC(=O)O)nnn1-c1ccccc1. The van der Waals surface area contributed by atoms with Crippen molar-refractivity contribution >= 4 is 23.6 Å². The van der Waals surface area contributed by atoms with Crippen LogP contribution in [0, 0.1) is 6.92 Å². The number of amides is 1. The Balaban J connectivity index is 1.94. The van der Waals surface area contributed by atoms with Gasteiger partial charge in [-0.15, -0.1) is 16.9 Å². The Kier molecular flexibility index (Phi) is 5.54. The Labute approximate surface area is 131 Å². The van der Waals surface area contributed by atoms with Crippen LogP contribution in [0.1, 0.15) is 16.2 Å². The lowest BCUT2D eigenvalue weighted by Gasteiger charge is -2.04. The number of para-hydroxylation sites is 1. The molecule has 0 unspecified atom stereocenters. The molecule has 0 atom stereocenters. The summed E-state index contributed by atoms with van der Waals surface area (Å²) in [6, 6.07) is 9.43. The molecule has 0 radical (unpaired) electrons. The molecule has 2 N–H and O–H groups in total. The number of hydrogen-bond acceptors (Lipinski definition) is 5. The smallest absolute Gasteiger partial charge is 0.313 e. The zero-order valence-corrected chi connectivity index (χ0v) is 12.8. The highest BCUT2D eigenvalue weighted by atomic mass is 32.2. The molecule has 2 rings (SSSR count). The highest BCUT2D eigenvalue weighted by Gasteiger charge is 2.16. The number of thioether (sulfide) groups is 1. The van der Waals surface area contributed by atoms with Crippen LogP contribution in [0.3, 0.4) is 0 Å². The molecule has 0 bridgehead atoms. The standard InChI is InChI=1S/C14H16N4O3S/c1-10-13(14(21)15-7-8-22-9-12(19)20)16-17-18(10)11-5-3-2-4-6-11/h2-6H,7-9H2,1H3,(H,15,21)(H,19,20). The zero-order valence-electron chi connectivity index (χ0n) is 12.0. The predicted octanol–water partition coefficient (Wildman–Crippen LogP) is 1.12. The second-order valence-corrected chi connectivity index (χ2v) is 5.58. The van der Waals surface area contributed by atoms with Crippen molar-refractivity contribution in [2.45, 2.75) is 6.92 Å². The van der Waals surface area contributed by atoms with Gasteiger partial charge in [0.1, 0.15) is 0 Å². The van der Waals surface area contributed by atoms with Crippen LogP contribution in [-0.4, -0.2) is 50.0 Å². The van der Waals surface area contributed by atoms with Crippen LogP contribution in [0.25, 0.3) is 5.69 Å². The van der Waals surface area contributed by atoms with Gasteiger partial charge in [0.05, 0.1) is 17.1 Å². The number of carbonyl (C=O) groups is 2. The summed E-state index contributed by atoms with van der Waals surface area (Å²) >= 11 is 1.25. The molecule has 0 aliphatic rings. The number of benzene rings is 1. The Bertz CT molecular complexity index is 657. The fourth-order valence-electron chi connectivity index (χ4n) is 1.83. The van der Waals surface area contributed by atoms with Gasteiger partial charge in [0.25, 0.3) is 5.91 Å². The molecule has 8 heteroatoms. The van der Waals surface area contributed by atoms with E-state index >= 15 is 0 Å². The number of nitrogens with one attached hydrogen (secondary N) is 1. The molecular formula is C14H16N4O3S. The maximum atomic E-state index is 12.1. The summed E-state index contributed by atoms with van der Waals surface area (Å²) in [7, 11) is 0. The fraction of sp³-hybridized carbons (Fsp3) is 0.286. The molecule has 1 heterocycles. The first-order valence-electron chi connectivity index (χ1n) is 6.65. The highest BCUT2D eigenvalue weighted by Crippen LogP contribution is 2.11. The van der Waals surface area contributed by atoms with Crippen LogP contribution in [0.5, 0.6) is 0 Å². The Morgan fingerprint density at radius 2 is 2.05 bits per heavy atom. The third-order valence-corrected chi connectivity index (χ3v) is 3.81. The molecule has 116 valence electrons. The molecule has 0 spiro atoms. The normalized spacial score (nSPS) is 10.4. The first kappa shape index (κ1) is 16.0. The molecule has 1 amide bonds. The van der Waals surface area contributed by atoms with Crippen molar-refractivity contribution < 1.29 is 14.7 Å². The molecule has 7 nitrogen and oxygen atoms in total. The third kappa shape index (κ3) is 4.08. The summed E-state index contributed by atoms with van der Waals surface area (Å²) in [5.41, 5.74) is 1.76. The second kappa shape index (κ2) is 7.60. The van der Waals surface area contributed by atoms with Gasteiger partial charge in [0, 0.05) is 12.3 Å². The van der Waals surface area contributed by atoms with Crippen molar-refractivity contribution in [3.8, 4) is 5.69 Å². The van der Waals surface area contributed by atoms with Crippen LogP contribution in [-0.2, 0) is 4.79 Å². The lowest BCUT2D eigenvalue weighted by molar-refractivity contribution is -0.133. The van der Waals surface area contributed by atoms with Gasteiger partial charge in [-0.05, 0) is 19.1 Å².